The average Bonchev–Trinajstić information content (AvgIpc) is 3.41. The van der Waals surface area contributed by atoms with Gasteiger partial charge in [0.1, 0.15) is 11.4 Å². The third-order valence-electron chi connectivity index (χ3n) is 7.68. The quantitative estimate of drug-likeness (QED) is 0.357. The van der Waals surface area contributed by atoms with Gasteiger partial charge >= 0.3 is 0 Å². The third kappa shape index (κ3) is 6.06. The second-order valence-electron chi connectivity index (χ2n) is 10.4. The van der Waals surface area contributed by atoms with E-state index in [1.54, 1.807) is 41.2 Å². The molecule has 1 fully saturated rings. The van der Waals surface area contributed by atoms with Gasteiger partial charge in [-0.2, -0.15) is 5.10 Å². The van der Waals surface area contributed by atoms with Crippen LogP contribution in [0.15, 0.2) is 48.5 Å². The number of imide groups is 1. The Balaban J connectivity index is 1.43. The SMILES string of the molecule is CNCCCCC(=O)NC(=O)c1nn(-c2ccc(OC)cc2)c2c1CCN(c1ccc(N3CCCCC3=O)cc1)C2=O. The molecule has 0 spiro atoms. The van der Waals surface area contributed by atoms with Crippen LogP contribution in [0.3, 0.4) is 0 Å². The van der Waals surface area contributed by atoms with Crippen molar-refractivity contribution in [1.29, 1.82) is 0 Å². The van der Waals surface area contributed by atoms with Crippen LogP contribution in [-0.2, 0) is 16.0 Å². The van der Waals surface area contributed by atoms with Crippen molar-refractivity contribution in [2.75, 3.05) is 43.6 Å². The summed E-state index contributed by atoms with van der Waals surface area (Å²) in [6.45, 7) is 1.81. The fourth-order valence-electron chi connectivity index (χ4n) is 5.43. The smallest absolute Gasteiger partial charge is 0.278 e. The number of hydrogen-bond donors (Lipinski definition) is 2. The highest BCUT2D eigenvalue weighted by atomic mass is 16.5. The number of carbonyl (C=O) groups excluding carboxylic acids is 4. The Hall–Kier alpha value is -4.51. The molecule has 0 atom stereocenters. The molecule has 0 aliphatic carbocycles. The van der Waals surface area contributed by atoms with Gasteiger partial charge in [0.2, 0.25) is 11.8 Å². The summed E-state index contributed by atoms with van der Waals surface area (Å²) in [6, 6.07) is 14.4. The number of fused-ring (bicyclic) bond motifs is 1. The molecule has 220 valence electrons. The minimum Gasteiger partial charge on any atom is -0.497 e. The van der Waals surface area contributed by atoms with Crippen molar-refractivity contribution in [2.45, 2.75) is 44.9 Å². The number of unbranched alkanes of at least 4 members (excludes halogenated alkanes) is 1. The highest BCUT2D eigenvalue weighted by Crippen LogP contribution is 2.31. The van der Waals surface area contributed by atoms with Gasteiger partial charge in [0.15, 0.2) is 5.69 Å². The van der Waals surface area contributed by atoms with E-state index in [0.29, 0.717) is 55.0 Å². The van der Waals surface area contributed by atoms with Crippen LogP contribution in [0, 0.1) is 0 Å². The number of ether oxygens (including phenoxy) is 1. The Morgan fingerprint density at radius 2 is 1.57 bits per heavy atom. The van der Waals surface area contributed by atoms with Crippen molar-refractivity contribution in [3.05, 3.63) is 65.5 Å². The molecule has 2 aliphatic rings. The summed E-state index contributed by atoms with van der Waals surface area (Å²) in [6.07, 6.45) is 4.49. The number of carbonyl (C=O) groups is 4. The molecule has 1 saturated heterocycles. The molecule has 2 aliphatic heterocycles. The molecule has 2 aromatic carbocycles. The van der Waals surface area contributed by atoms with Gasteiger partial charge in [0, 0.05) is 42.9 Å². The molecule has 0 radical (unpaired) electrons. The molecule has 3 aromatic rings. The van der Waals surface area contributed by atoms with Gasteiger partial charge in [-0.25, -0.2) is 4.68 Å². The normalized spacial score (nSPS) is 15.0. The van der Waals surface area contributed by atoms with E-state index in [1.807, 2.05) is 31.3 Å². The number of piperidine rings is 1. The Morgan fingerprint density at radius 3 is 2.24 bits per heavy atom. The van der Waals surface area contributed by atoms with Crippen molar-refractivity contribution in [3.63, 3.8) is 0 Å². The van der Waals surface area contributed by atoms with Crippen molar-refractivity contribution in [2.24, 2.45) is 0 Å². The third-order valence-corrected chi connectivity index (χ3v) is 7.68. The zero-order chi connectivity index (χ0) is 29.6. The average molecular weight is 573 g/mol. The minimum absolute atomic E-state index is 0.0661. The van der Waals surface area contributed by atoms with Crippen molar-refractivity contribution in [3.8, 4) is 11.4 Å². The van der Waals surface area contributed by atoms with Crippen LogP contribution in [-0.4, -0.2) is 67.2 Å². The lowest BCUT2D eigenvalue weighted by atomic mass is 10.0. The van der Waals surface area contributed by atoms with E-state index in [2.05, 4.69) is 15.7 Å². The largest absolute Gasteiger partial charge is 0.497 e. The van der Waals surface area contributed by atoms with E-state index in [0.717, 1.165) is 31.5 Å². The van der Waals surface area contributed by atoms with Gasteiger partial charge in [-0.1, -0.05) is 0 Å². The molecule has 11 nitrogen and oxygen atoms in total. The lowest BCUT2D eigenvalue weighted by Gasteiger charge is -2.29. The molecule has 11 heteroatoms. The topological polar surface area (TPSA) is 126 Å². The number of rotatable bonds is 10. The number of methoxy groups -OCH3 is 1. The Kier molecular flexibility index (Phi) is 8.97. The predicted octanol–water partition coefficient (Wildman–Crippen LogP) is 3.25. The number of aromatic nitrogens is 2. The zero-order valence-corrected chi connectivity index (χ0v) is 24.0. The molecular weight excluding hydrogens is 536 g/mol. The van der Waals surface area contributed by atoms with Crippen molar-refractivity contribution >= 4 is 35.0 Å². The van der Waals surface area contributed by atoms with Crippen LogP contribution in [0.4, 0.5) is 11.4 Å². The predicted molar refractivity (Wildman–Crippen MR) is 158 cm³/mol. The fraction of sp³-hybridized carbons (Fsp3) is 0.387. The number of anilines is 2. The fourth-order valence-corrected chi connectivity index (χ4v) is 5.43. The summed E-state index contributed by atoms with van der Waals surface area (Å²) in [7, 11) is 3.41. The molecule has 4 amide bonds. The molecule has 42 heavy (non-hydrogen) atoms. The molecule has 2 N–H and O–H groups in total. The summed E-state index contributed by atoms with van der Waals surface area (Å²) in [5.41, 5.74) is 2.92. The first kappa shape index (κ1) is 29.0. The van der Waals surface area contributed by atoms with E-state index in [-0.39, 0.29) is 35.5 Å². The van der Waals surface area contributed by atoms with Crippen molar-refractivity contribution in [1.82, 2.24) is 20.4 Å². The first-order valence-corrected chi connectivity index (χ1v) is 14.4. The van der Waals surface area contributed by atoms with Gasteiger partial charge in [0.05, 0.1) is 12.8 Å². The van der Waals surface area contributed by atoms with Gasteiger partial charge in [0.25, 0.3) is 11.8 Å². The number of benzene rings is 2. The molecule has 0 bridgehead atoms. The number of nitrogens with one attached hydrogen (secondary N) is 2. The standard InChI is InChI=1S/C31H36N6O5/c1-32-18-5-3-7-26(38)33-30(40)28-25-17-20-36(22-11-9-21(10-12-22)35-19-6-4-8-27(35)39)31(41)29(25)37(34-28)23-13-15-24(42-2)16-14-23/h9-16,32H,3-8,17-20H2,1-2H3,(H,33,38,40). The minimum atomic E-state index is -0.617. The van der Waals surface area contributed by atoms with Gasteiger partial charge in [-0.3, -0.25) is 24.5 Å². The van der Waals surface area contributed by atoms with E-state index in [9.17, 15) is 19.2 Å². The van der Waals surface area contributed by atoms with Crippen molar-refractivity contribution < 1.29 is 23.9 Å². The highest BCUT2D eigenvalue weighted by Gasteiger charge is 2.35. The van der Waals surface area contributed by atoms with Crippen LogP contribution in [0.5, 0.6) is 5.75 Å². The van der Waals surface area contributed by atoms with Gasteiger partial charge in [-0.05, 0) is 94.2 Å². The van der Waals surface area contributed by atoms with Crippen LogP contribution < -0.4 is 25.2 Å². The van der Waals surface area contributed by atoms with E-state index in [4.69, 9.17) is 4.74 Å². The van der Waals surface area contributed by atoms with E-state index >= 15 is 0 Å². The Bertz CT molecular complexity index is 1460. The zero-order valence-electron chi connectivity index (χ0n) is 24.0. The molecule has 0 unspecified atom stereocenters. The Labute approximate surface area is 244 Å². The number of nitrogens with zero attached hydrogens (tertiary/aromatic N) is 4. The Morgan fingerprint density at radius 1 is 0.881 bits per heavy atom. The first-order valence-electron chi connectivity index (χ1n) is 14.4. The second-order valence-corrected chi connectivity index (χ2v) is 10.4. The summed E-state index contributed by atoms with van der Waals surface area (Å²) in [5.74, 6) is -0.548. The monoisotopic (exact) mass is 572 g/mol. The molecule has 3 heterocycles. The summed E-state index contributed by atoms with van der Waals surface area (Å²) >= 11 is 0. The molecule has 1 aromatic heterocycles. The van der Waals surface area contributed by atoms with Crippen LogP contribution >= 0.6 is 0 Å². The summed E-state index contributed by atoms with van der Waals surface area (Å²) in [4.78, 5) is 55.5. The number of amides is 4. The summed E-state index contributed by atoms with van der Waals surface area (Å²) in [5, 5.41) is 10.0. The van der Waals surface area contributed by atoms with Gasteiger partial charge < -0.3 is 19.9 Å². The highest BCUT2D eigenvalue weighted by molar-refractivity contribution is 6.11. The number of hydrogen-bond acceptors (Lipinski definition) is 7. The second kappa shape index (κ2) is 13.0. The molecule has 5 rings (SSSR count). The molecule has 0 saturated carbocycles. The lowest BCUT2D eigenvalue weighted by Crippen LogP contribution is -2.39. The maximum atomic E-state index is 14.0. The molecular formula is C31H36N6O5. The first-order chi connectivity index (χ1) is 20.4. The maximum Gasteiger partial charge on any atom is 0.278 e. The maximum absolute atomic E-state index is 14.0. The van der Waals surface area contributed by atoms with Crippen LogP contribution in [0.2, 0.25) is 0 Å². The van der Waals surface area contributed by atoms with Crippen LogP contribution in [0.1, 0.15) is 65.1 Å². The van der Waals surface area contributed by atoms with E-state index in [1.165, 1.54) is 4.68 Å². The summed E-state index contributed by atoms with van der Waals surface area (Å²) < 4.78 is 6.74. The van der Waals surface area contributed by atoms with E-state index < -0.39 is 5.91 Å². The van der Waals surface area contributed by atoms with Crippen LogP contribution in [0.25, 0.3) is 5.69 Å². The lowest BCUT2D eigenvalue weighted by molar-refractivity contribution is -0.120. The van der Waals surface area contributed by atoms with Gasteiger partial charge in [-0.15, -0.1) is 0 Å².